The van der Waals surface area contributed by atoms with Gasteiger partial charge in [-0.2, -0.15) is 0 Å². The van der Waals surface area contributed by atoms with Gasteiger partial charge in [0.25, 0.3) is 10.0 Å². The molecule has 1 rings (SSSR count). The highest BCUT2D eigenvalue weighted by Crippen LogP contribution is 2.14. The summed E-state index contributed by atoms with van der Waals surface area (Å²) in [4.78, 5) is 0. The van der Waals surface area contributed by atoms with Gasteiger partial charge in [0.1, 0.15) is 0 Å². The molecule has 0 atom stereocenters. The molecule has 0 radical (unpaired) electrons. The minimum atomic E-state index is -3.42. The van der Waals surface area contributed by atoms with Crippen molar-refractivity contribution in [3.05, 3.63) is 0 Å². The summed E-state index contributed by atoms with van der Waals surface area (Å²) in [5, 5.41) is 0. The molecule has 0 saturated carbocycles. The van der Waals surface area contributed by atoms with E-state index in [4.69, 9.17) is 0 Å². The zero-order valence-corrected chi connectivity index (χ0v) is 7.95. The predicted octanol–water partition coefficient (Wildman–Crippen LogP) is 0.208. The van der Waals surface area contributed by atoms with Gasteiger partial charge in [-0.15, -0.1) is 3.77 Å². The molecule has 1 heterocycles. The van der Waals surface area contributed by atoms with Crippen LogP contribution in [0.15, 0.2) is 3.77 Å². The Labute approximate surface area is 67.2 Å². The van der Waals surface area contributed by atoms with Crippen LogP contribution < -0.4 is 0 Å². The Hall–Kier alpha value is -0.100. The quantitative estimate of drug-likeness (QED) is 0.603. The Morgan fingerprint density at radius 1 is 1.27 bits per heavy atom. The Morgan fingerprint density at radius 2 is 1.73 bits per heavy atom. The van der Waals surface area contributed by atoms with E-state index in [-0.39, 0.29) is 0 Å². The number of hydrogen-bond donors (Lipinski definition) is 0. The van der Waals surface area contributed by atoms with Gasteiger partial charge in [-0.05, 0) is 12.8 Å². The highest BCUT2D eigenvalue weighted by molar-refractivity contribution is 8.03. The highest BCUT2D eigenvalue weighted by Gasteiger charge is 2.18. The van der Waals surface area contributed by atoms with E-state index in [1.807, 2.05) is 0 Å². The molecule has 0 N–H and O–H groups in total. The minimum absolute atomic E-state index is 0.445. The van der Waals surface area contributed by atoms with Crippen LogP contribution in [-0.4, -0.2) is 30.4 Å². The topological polar surface area (TPSA) is 63.6 Å². The van der Waals surface area contributed by atoms with E-state index >= 15 is 0 Å². The highest BCUT2D eigenvalue weighted by atomic mass is 32.3. The summed E-state index contributed by atoms with van der Waals surface area (Å²) in [6.07, 6.45) is 2.65. The fourth-order valence-corrected chi connectivity index (χ4v) is 5.16. The molecule has 0 amide bonds. The molecule has 11 heavy (non-hydrogen) atoms. The van der Waals surface area contributed by atoms with Crippen LogP contribution in [0.25, 0.3) is 0 Å². The molecule has 0 aliphatic carbocycles. The average molecular weight is 197 g/mol. The SMILES string of the molecule is CS(=O)(=O)N=S1(=O)CCCC1. The molecule has 0 aromatic carbocycles. The molecule has 0 aromatic heterocycles. The number of rotatable bonds is 1. The molecule has 0 unspecified atom stereocenters. The van der Waals surface area contributed by atoms with Crippen LogP contribution in [0.4, 0.5) is 0 Å². The monoisotopic (exact) mass is 197 g/mol. The van der Waals surface area contributed by atoms with Crippen LogP contribution in [0.1, 0.15) is 12.8 Å². The van der Waals surface area contributed by atoms with Crippen molar-refractivity contribution in [3.8, 4) is 0 Å². The van der Waals surface area contributed by atoms with Gasteiger partial charge in [-0.3, -0.25) is 0 Å². The minimum Gasteiger partial charge on any atom is -0.249 e. The van der Waals surface area contributed by atoms with Gasteiger partial charge in [0.15, 0.2) is 0 Å². The van der Waals surface area contributed by atoms with E-state index < -0.39 is 19.8 Å². The van der Waals surface area contributed by atoms with Gasteiger partial charge in [0, 0.05) is 11.5 Å². The lowest BCUT2D eigenvalue weighted by Gasteiger charge is -1.96. The molecule has 4 nitrogen and oxygen atoms in total. The molecule has 1 aliphatic heterocycles. The van der Waals surface area contributed by atoms with Gasteiger partial charge in [-0.25, -0.2) is 12.6 Å². The van der Waals surface area contributed by atoms with Crippen molar-refractivity contribution < 1.29 is 12.6 Å². The maximum Gasteiger partial charge on any atom is 0.257 e. The number of nitrogens with zero attached hydrogens (tertiary/aromatic N) is 1. The van der Waals surface area contributed by atoms with E-state index in [9.17, 15) is 12.6 Å². The average Bonchev–Trinajstić information content (AvgIpc) is 2.09. The lowest BCUT2D eigenvalue weighted by atomic mass is 10.4. The van der Waals surface area contributed by atoms with Crippen LogP contribution >= 0.6 is 0 Å². The molecule has 0 aromatic rings. The summed E-state index contributed by atoms with van der Waals surface area (Å²) in [6.45, 7) is 0. The lowest BCUT2D eigenvalue weighted by molar-refractivity contribution is 0.603. The predicted molar refractivity (Wildman–Crippen MR) is 44.4 cm³/mol. The largest absolute Gasteiger partial charge is 0.257 e. The fourth-order valence-electron chi connectivity index (χ4n) is 1.08. The molecule has 66 valence electrons. The summed E-state index contributed by atoms with van der Waals surface area (Å²) < 4.78 is 36.1. The van der Waals surface area contributed by atoms with Crippen LogP contribution in [0.3, 0.4) is 0 Å². The first kappa shape index (κ1) is 8.99. The maximum absolute atomic E-state index is 11.5. The molecule has 0 spiro atoms. The second-order valence-corrected chi connectivity index (χ2v) is 7.12. The van der Waals surface area contributed by atoms with Crippen molar-refractivity contribution in [2.24, 2.45) is 3.77 Å². The zero-order chi connectivity index (χ0) is 8.54. The van der Waals surface area contributed by atoms with Crippen LogP contribution in [0.5, 0.6) is 0 Å². The molecule has 1 saturated heterocycles. The Balaban J connectivity index is 3.07. The molecule has 0 bridgehead atoms. The number of sulfonamides is 1. The van der Waals surface area contributed by atoms with Gasteiger partial charge in [0.05, 0.1) is 16.0 Å². The van der Waals surface area contributed by atoms with E-state index in [1.165, 1.54) is 0 Å². The third-order valence-electron chi connectivity index (χ3n) is 1.45. The zero-order valence-electron chi connectivity index (χ0n) is 6.32. The van der Waals surface area contributed by atoms with Gasteiger partial charge in [0.2, 0.25) is 0 Å². The van der Waals surface area contributed by atoms with Gasteiger partial charge >= 0.3 is 0 Å². The summed E-state index contributed by atoms with van der Waals surface area (Å²) >= 11 is 0. The standard InChI is InChI=1S/C5H11NO3S2/c1-10(7,8)6-11(9)4-2-3-5-11/h2-5H2,1H3. The second kappa shape index (κ2) is 2.75. The smallest absolute Gasteiger partial charge is 0.249 e. The van der Waals surface area contributed by atoms with Crippen molar-refractivity contribution in [2.75, 3.05) is 17.8 Å². The van der Waals surface area contributed by atoms with Crippen molar-refractivity contribution in [3.63, 3.8) is 0 Å². The second-order valence-electron chi connectivity index (χ2n) is 2.70. The van der Waals surface area contributed by atoms with E-state index in [1.54, 1.807) is 0 Å². The molecular weight excluding hydrogens is 186 g/mol. The molecule has 1 fully saturated rings. The first-order valence-electron chi connectivity index (χ1n) is 3.35. The molecule has 6 heteroatoms. The van der Waals surface area contributed by atoms with E-state index in [2.05, 4.69) is 3.77 Å². The third kappa shape index (κ3) is 2.78. The Kier molecular flexibility index (Phi) is 2.24. The van der Waals surface area contributed by atoms with Crippen molar-refractivity contribution in [1.29, 1.82) is 0 Å². The van der Waals surface area contributed by atoms with Crippen LogP contribution in [0, 0.1) is 0 Å². The van der Waals surface area contributed by atoms with Crippen molar-refractivity contribution >= 4 is 19.8 Å². The maximum atomic E-state index is 11.5. The Bertz CT molecular complexity index is 336. The summed E-state index contributed by atoms with van der Waals surface area (Å²) in [6, 6.07) is 0. The third-order valence-corrected chi connectivity index (χ3v) is 5.47. The fraction of sp³-hybridized carbons (Fsp3) is 1.00. The first-order chi connectivity index (χ1) is 4.91. The van der Waals surface area contributed by atoms with Gasteiger partial charge < -0.3 is 0 Å². The van der Waals surface area contributed by atoms with Gasteiger partial charge in [-0.1, -0.05) is 0 Å². The van der Waals surface area contributed by atoms with Crippen molar-refractivity contribution in [1.82, 2.24) is 0 Å². The Morgan fingerprint density at radius 3 is 2.09 bits per heavy atom. The van der Waals surface area contributed by atoms with Crippen LogP contribution in [-0.2, 0) is 19.8 Å². The first-order valence-corrected chi connectivity index (χ1v) is 7.05. The summed E-state index contributed by atoms with van der Waals surface area (Å²) in [7, 11) is -5.79. The summed E-state index contributed by atoms with van der Waals surface area (Å²) in [5.41, 5.74) is 0. The lowest BCUT2D eigenvalue weighted by Crippen LogP contribution is -2.04. The summed E-state index contributed by atoms with van der Waals surface area (Å²) in [5.74, 6) is 0.889. The van der Waals surface area contributed by atoms with Crippen molar-refractivity contribution in [2.45, 2.75) is 12.8 Å². The van der Waals surface area contributed by atoms with E-state index in [0.29, 0.717) is 11.5 Å². The molecule has 1 aliphatic rings. The normalized spacial score (nSPS) is 23.4. The number of hydrogen-bond acceptors (Lipinski definition) is 3. The van der Waals surface area contributed by atoms with E-state index in [0.717, 1.165) is 19.1 Å². The molecular formula is C5H11NO3S2. The van der Waals surface area contributed by atoms with Crippen LogP contribution in [0.2, 0.25) is 0 Å².